The summed E-state index contributed by atoms with van der Waals surface area (Å²) in [7, 11) is 0. The van der Waals surface area contributed by atoms with Crippen LogP contribution in [-0.2, 0) is 5.41 Å². The van der Waals surface area contributed by atoms with Gasteiger partial charge in [0.1, 0.15) is 0 Å². The Morgan fingerprint density at radius 2 is 1.16 bits per heavy atom. The van der Waals surface area contributed by atoms with Crippen molar-refractivity contribution in [3.8, 4) is 27.9 Å². The van der Waals surface area contributed by atoms with Crippen LogP contribution in [0.1, 0.15) is 25.0 Å². The van der Waals surface area contributed by atoms with E-state index in [1.807, 2.05) is 11.3 Å². The summed E-state index contributed by atoms with van der Waals surface area (Å²) in [4.78, 5) is 0. The van der Waals surface area contributed by atoms with Gasteiger partial charge in [-0.05, 0) is 103 Å². The molecule has 1 aliphatic carbocycles. The number of rotatable bonds is 2. The van der Waals surface area contributed by atoms with Crippen molar-refractivity contribution >= 4 is 74.9 Å². The highest BCUT2D eigenvalue weighted by Crippen LogP contribution is 2.54. The average Bonchev–Trinajstić information content (AvgIpc) is 3.76. The van der Waals surface area contributed by atoms with Gasteiger partial charge in [-0.25, -0.2) is 0 Å². The first kappa shape index (κ1) is 27.3. The molecular weight excluding hydrogens is 611 g/mol. The second kappa shape index (κ2) is 9.69. The third-order valence-corrected chi connectivity index (χ3v) is 12.3. The highest BCUT2D eigenvalue weighted by Gasteiger charge is 2.38. The van der Waals surface area contributed by atoms with Crippen LogP contribution in [0.2, 0.25) is 0 Å². The van der Waals surface area contributed by atoms with Gasteiger partial charge < -0.3 is 4.57 Å². The zero-order valence-electron chi connectivity index (χ0n) is 27.3. The molecule has 0 bridgehead atoms. The van der Waals surface area contributed by atoms with Crippen LogP contribution in [0.15, 0.2) is 152 Å². The van der Waals surface area contributed by atoms with E-state index in [4.69, 9.17) is 0 Å². The Morgan fingerprint density at radius 3 is 2.08 bits per heavy atom. The van der Waals surface area contributed by atoms with Crippen molar-refractivity contribution in [3.05, 3.63) is 163 Å². The molecule has 1 nitrogen and oxygen atoms in total. The Labute approximate surface area is 288 Å². The standard InChI is InChI=1S/C47H31NS/c1-47(2)40-27-32(19-21-35(40)37-22-24-44-45(46(37)47)38-12-6-8-14-43(38)49-44)48-41-13-7-5-11-36(41)39-26-30(18-23-42(39)48)29-17-20-34-31(25-29)16-15-28-9-3-4-10-33(28)34/h3-27H,1-2H3. The summed E-state index contributed by atoms with van der Waals surface area (Å²) >= 11 is 1.91. The first-order chi connectivity index (χ1) is 24.0. The highest BCUT2D eigenvalue weighted by atomic mass is 32.1. The van der Waals surface area contributed by atoms with Crippen molar-refractivity contribution in [3.63, 3.8) is 0 Å². The molecule has 0 saturated heterocycles. The lowest BCUT2D eigenvalue weighted by Gasteiger charge is -2.23. The fraction of sp³-hybridized carbons (Fsp3) is 0.0638. The van der Waals surface area contributed by atoms with Crippen molar-refractivity contribution in [1.82, 2.24) is 4.57 Å². The highest BCUT2D eigenvalue weighted by molar-refractivity contribution is 7.25. The second-order valence-corrected chi connectivity index (χ2v) is 15.2. The third kappa shape index (κ3) is 3.70. The normalized spacial score (nSPS) is 13.7. The quantitative estimate of drug-likeness (QED) is 0.166. The fourth-order valence-electron chi connectivity index (χ4n) is 8.87. The molecule has 0 N–H and O–H groups in total. The number of benzene rings is 8. The Morgan fingerprint density at radius 1 is 0.469 bits per heavy atom. The van der Waals surface area contributed by atoms with Gasteiger partial charge in [-0.3, -0.25) is 0 Å². The van der Waals surface area contributed by atoms with Crippen LogP contribution in [0.5, 0.6) is 0 Å². The lowest BCUT2D eigenvalue weighted by molar-refractivity contribution is 0.666. The predicted molar refractivity (Wildman–Crippen MR) is 212 cm³/mol. The smallest absolute Gasteiger partial charge is 0.0541 e. The van der Waals surface area contributed by atoms with Crippen LogP contribution in [0.25, 0.3) is 91.5 Å². The molecule has 0 aliphatic heterocycles. The summed E-state index contributed by atoms with van der Waals surface area (Å²) in [5.74, 6) is 0. The van der Waals surface area contributed by atoms with Crippen molar-refractivity contribution in [2.24, 2.45) is 0 Å². The van der Waals surface area contributed by atoms with E-state index in [9.17, 15) is 0 Å². The van der Waals surface area contributed by atoms with Gasteiger partial charge in [0.05, 0.1) is 11.0 Å². The number of fused-ring (bicyclic) bond motifs is 13. The molecule has 0 saturated carbocycles. The molecule has 0 amide bonds. The number of nitrogens with zero attached hydrogens (tertiary/aromatic N) is 1. The van der Waals surface area contributed by atoms with Gasteiger partial charge in [-0.1, -0.05) is 117 Å². The number of thiophene rings is 1. The molecule has 0 radical (unpaired) electrons. The monoisotopic (exact) mass is 641 g/mol. The predicted octanol–water partition coefficient (Wildman–Crippen LogP) is 13.4. The topological polar surface area (TPSA) is 4.93 Å². The van der Waals surface area contributed by atoms with Crippen LogP contribution in [0.3, 0.4) is 0 Å². The molecule has 8 aromatic carbocycles. The van der Waals surface area contributed by atoms with Crippen molar-refractivity contribution in [2.45, 2.75) is 19.3 Å². The Bertz CT molecular complexity index is 3020. The molecule has 2 aromatic heterocycles. The lowest BCUT2D eigenvalue weighted by atomic mass is 9.80. The van der Waals surface area contributed by atoms with Crippen LogP contribution >= 0.6 is 11.3 Å². The van der Waals surface area contributed by atoms with Gasteiger partial charge in [0.15, 0.2) is 0 Å². The minimum Gasteiger partial charge on any atom is -0.309 e. The summed E-state index contributed by atoms with van der Waals surface area (Å²) < 4.78 is 5.20. The maximum absolute atomic E-state index is 2.47. The Balaban J connectivity index is 1.08. The Hall–Kier alpha value is -5.70. The van der Waals surface area contributed by atoms with Gasteiger partial charge in [-0.2, -0.15) is 0 Å². The summed E-state index contributed by atoms with van der Waals surface area (Å²) in [5.41, 5.74) is 11.6. The van der Waals surface area contributed by atoms with Gasteiger partial charge in [0.25, 0.3) is 0 Å². The number of aromatic nitrogens is 1. The summed E-state index contributed by atoms with van der Waals surface area (Å²) in [6, 6.07) is 56.7. The van der Waals surface area contributed by atoms with Crippen LogP contribution in [0.4, 0.5) is 0 Å². The van der Waals surface area contributed by atoms with Crippen LogP contribution in [-0.4, -0.2) is 4.57 Å². The first-order valence-electron chi connectivity index (χ1n) is 17.1. The molecule has 230 valence electrons. The summed E-state index contributed by atoms with van der Waals surface area (Å²) in [6.07, 6.45) is 0. The van der Waals surface area contributed by atoms with Crippen LogP contribution in [0, 0.1) is 0 Å². The zero-order chi connectivity index (χ0) is 32.4. The molecule has 10 aromatic rings. The van der Waals surface area contributed by atoms with E-state index in [2.05, 4.69) is 170 Å². The number of hydrogen-bond acceptors (Lipinski definition) is 1. The Kier molecular flexibility index (Phi) is 5.39. The molecule has 0 atom stereocenters. The molecular formula is C47H31NS. The van der Waals surface area contributed by atoms with Crippen molar-refractivity contribution < 1.29 is 0 Å². The summed E-state index contributed by atoms with van der Waals surface area (Å²) in [5, 5.41) is 10.5. The molecule has 49 heavy (non-hydrogen) atoms. The van der Waals surface area contributed by atoms with Crippen molar-refractivity contribution in [2.75, 3.05) is 0 Å². The van der Waals surface area contributed by atoms with Gasteiger partial charge in [0.2, 0.25) is 0 Å². The van der Waals surface area contributed by atoms with Crippen molar-refractivity contribution in [1.29, 1.82) is 0 Å². The molecule has 0 spiro atoms. The molecule has 0 unspecified atom stereocenters. The third-order valence-electron chi connectivity index (χ3n) is 11.1. The second-order valence-electron chi connectivity index (χ2n) is 14.1. The summed E-state index contributed by atoms with van der Waals surface area (Å²) in [6.45, 7) is 4.83. The average molecular weight is 642 g/mol. The van der Waals surface area contributed by atoms with Crippen LogP contribution < -0.4 is 0 Å². The maximum atomic E-state index is 2.47. The van der Waals surface area contributed by atoms with E-state index >= 15 is 0 Å². The largest absolute Gasteiger partial charge is 0.309 e. The minimum atomic E-state index is -0.128. The zero-order valence-corrected chi connectivity index (χ0v) is 28.1. The molecule has 1 aliphatic rings. The molecule has 0 fully saturated rings. The number of hydrogen-bond donors (Lipinski definition) is 0. The lowest BCUT2D eigenvalue weighted by Crippen LogP contribution is -2.15. The first-order valence-corrected chi connectivity index (χ1v) is 17.9. The van der Waals surface area contributed by atoms with E-state index in [1.54, 1.807) is 0 Å². The SMILES string of the molecule is CC1(C)c2cc(-n3c4ccccc4c4cc(-c5ccc6c(ccc7ccccc76)c5)ccc43)ccc2-c2ccc3sc4ccccc4c3c21. The van der Waals surface area contributed by atoms with E-state index in [-0.39, 0.29) is 5.41 Å². The fourth-order valence-corrected chi connectivity index (χ4v) is 9.99. The number of para-hydroxylation sites is 1. The van der Waals surface area contributed by atoms with E-state index in [0.29, 0.717) is 0 Å². The molecule has 2 heteroatoms. The maximum Gasteiger partial charge on any atom is 0.0541 e. The minimum absolute atomic E-state index is 0.128. The molecule has 11 rings (SSSR count). The van der Waals surface area contributed by atoms with Gasteiger partial charge >= 0.3 is 0 Å². The van der Waals surface area contributed by atoms with Gasteiger partial charge in [-0.15, -0.1) is 11.3 Å². The molecule has 2 heterocycles. The van der Waals surface area contributed by atoms with E-state index in [0.717, 1.165) is 0 Å². The van der Waals surface area contributed by atoms with E-state index in [1.165, 1.54) is 103 Å². The van der Waals surface area contributed by atoms with E-state index < -0.39 is 0 Å². The van der Waals surface area contributed by atoms with Gasteiger partial charge in [0, 0.05) is 42.0 Å².